The van der Waals surface area contributed by atoms with Crippen molar-refractivity contribution in [3.63, 3.8) is 0 Å². The molecule has 0 bridgehead atoms. The molecule has 0 radical (unpaired) electrons. The zero-order chi connectivity index (χ0) is 18.6. The second kappa shape index (κ2) is 7.14. The third-order valence-electron chi connectivity index (χ3n) is 2.01. The average molecular weight is 246 g/mol. The Kier molecular flexibility index (Phi) is 2.78. The van der Waals surface area contributed by atoms with Gasteiger partial charge in [0.05, 0.1) is 7.11 Å². The van der Waals surface area contributed by atoms with Gasteiger partial charge in [0.25, 0.3) is 0 Å². The summed E-state index contributed by atoms with van der Waals surface area (Å²) in [6, 6.07) is 3.85. The van der Waals surface area contributed by atoms with E-state index in [0.29, 0.717) is 11.5 Å². The molecule has 0 saturated carbocycles. The minimum absolute atomic E-state index is 0.231. The number of para-hydroxylation sites is 2. The van der Waals surface area contributed by atoms with Gasteiger partial charge in [0, 0.05) is 22.2 Å². The van der Waals surface area contributed by atoms with Crippen molar-refractivity contribution in [3.8, 4) is 11.5 Å². The summed E-state index contributed by atoms with van der Waals surface area (Å²) in [5.74, 6) is 0.834. The van der Waals surface area contributed by atoms with Crippen molar-refractivity contribution >= 4 is 0 Å². The number of benzene rings is 1. The maximum Gasteiger partial charge on any atom is 0.161 e. The van der Waals surface area contributed by atoms with Crippen molar-refractivity contribution < 1.29 is 24.2 Å². The van der Waals surface area contributed by atoms with Crippen molar-refractivity contribution in [2.45, 2.75) is 25.8 Å². The second-order valence-electron chi connectivity index (χ2n) is 3.37. The van der Waals surface area contributed by atoms with Crippen LogP contribution in [0.25, 0.3) is 0 Å². The van der Waals surface area contributed by atoms with Crippen LogP contribution in [0.15, 0.2) is 24.3 Å². The second-order valence-corrected chi connectivity index (χ2v) is 3.37. The Labute approximate surface area is 112 Å². The van der Waals surface area contributed by atoms with E-state index in [1.54, 1.807) is 24.3 Å². The molecule has 0 fully saturated rings. The number of hydrogen-bond donors (Lipinski definition) is 2. The van der Waals surface area contributed by atoms with Crippen LogP contribution in [0.4, 0.5) is 0 Å². The minimum Gasteiger partial charge on any atom is -0.493 e. The van der Waals surface area contributed by atoms with Crippen molar-refractivity contribution in [1.29, 1.82) is 0 Å². The lowest BCUT2D eigenvalue weighted by molar-refractivity contribution is 0.103. The van der Waals surface area contributed by atoms with Crippen molar-refractivity contribution in [2.75, 3.05) is 20.3 Å². The average Bonchev–Trinajstić information content (AvgIpc) is 2.48. The molecule has 0 amide bonds. The first-order valence-corrected chi connectivity index (χ1v) is 5.11. The maximum atomic E-state index is 9.89. The van der Waals surface area contributed by atoms with E-state index in [-0.39, 0.29) is 6.61 Å². The molecule has 1 aromatic carbocycles. The molecule has 0 unspecified atom stereocenters. The lowest BCUT2D eigenvalue weighted by atomic mass is 10.3. The third-order valence-corrected chi connectivity index (χ3v) is 2.01. The van der Waals surface area contributed by atoms with E-state index < -0.39 is 32.4 Å². The van der Waals surface area contributed by atoms with Crippen LogP contribution in [0.2, 0.25) is 0 Å². The highest BCUT2D eigenvalue weighted by atomic mass is 16.5. The van der Waals surface area contributed by atoms with E-state index in [1.807, 2.05) is 0 Å². The van der Waals surface area contributed by atoms with Gasteiger partial charge in [0.2, 0.25) is 0 Å². The summed E-state index contributed by atoms with van der Waals surface area (Å²) in [4.78, 5) is 0. The monoisotopic (exact) mass is 246 g/mol. The van der Waals surface area contributed by atoms with E-state index in [1.165, 1.54) is 7.11 Å². The molecule has 0 heterocycles. The van der Waals surface area contributed by atoms with Crippen LogP contribution < -0.4 is 14.8 Å². The SMILES string of the molecule is [2H]C([2H])([2H])C([2H])(NC[C@H](O)COc1ccccc1OC)C([2H])([2H])[2H]. The molecule has 4 nitrogen and oxygen atoms in total. The summed E-state index contributed by atoms with van der Waals surface area (Å²) in [6.07, 6.45) is -1.22. The number of hydrogen-bond acceptors (Lipinski definition) is 4. The fourth-order valence-electron chi connectivity index (χ4n) is 1.20. The highest BCUT2D eigenvalue weighted by molar-refractivity contribution is 5.39. The highest BCUT2D eigenvalue weighted by Crippen LogP contribution is 2.25. The molecule has 0 saturated heterocycles. The van der Waals surface area contributed by atoms with Crippen LogP contribution in [0.3, 0.4) is 0 Å². The van der Waals surface area contributed by atoms with Crippen molar-refractivity contribution in [1.82, 2.24) is 5.32 Å². The molecule has 1 atom stereocenters. The molecule has 96 valence electrons. The number of nitrogens with one attached hydrogen (secondary N) is 1. The Bertz CT molecular complexity index is 519. The Morgan fingerprint density at radius 1 is 1.41 bits per heavy atom. The Morgan fingerprint density at radius 3 is 2.76 bits per heavy atom. The first kappa shape index (κ1) is 6.61. The molecule has 0 spiro atoms. The number of aliphatic hydroxyl groups is 1. The minimum atomic E-state index is -3.10. The van der Waals surface area contributed by atoms with E-state index >= 15 is 0 Å². The van der Waals surface area contributed by atoms with Crippen LogP contribution in [-0.2, 0) is 0 Å². The summed E-state index contributed by atoms with van der Waals surface area (Å²) in [7, 11) is 1.46. The van der Waals surface area contributed by atoms with Crippen molar-refractivity contribution in [2.24, 2.45) is 0 Å². The quantitative estimate of drug-likeness (QED) is 0.764. The van der Waals surface area contributed by atoms with Gasteiger partial charge in [0.15, 0.2) is 11.5 Å². The van der Waals surface area contributed by atoms with Gasteiger partial charge in [-0.2, -0.15) is 0 Å². The van der Waals surface area contributed by atoms with Gasteiger partial charge in [-0.05, 0) is 12.1 Å². The predicted molar refractivity (Wildman–Crippen MR) is 67.6 cm³/mol. The summed E-state index contributed by atoms with van der Waals surface area (Å²) in [6.45, 7) is -6.86. The van der Waals surface area contributed by atoms with Gasteiger partial charge < -0.3 is 19.9 Å². The number of aliphatic hydroxyl groups excluding tert-OH is 1. The van der Waals surface area contributed by atoms with E-state index in [2.05, 4.69) is 5.32 Å². The molecular formula is C13H21NO3. The lowest BCUT2D eigenvalue weighted by Gasteiger charge is -2.16. The van der Waals surface area contributed by atoms with Crippen LogP contribution in [0.1, 0.15) is 23.3 Å². The number of rotatable bonds is 7. The normalized spacial score (nSPS) is 20.7. The number of methoxy groups -OCH3 is 1. The molecule has 17 heavy (non-hydrogen) atoms. The first-order valence-electron chi connectivity index (χ1n) is 8.61. The van der Waals surface area contributed by atoms with E-state index in [9.17, 15) is 5.11 Å². The molecule has 0 aliphatic rings. The maximum absolute atomic E-state index is 9.89. The molecule has 0 aromatic heterocycles. The van der Waals surface area contributed by atoms with E-state index in [4.69, 9.17) is 19.1 Å². The highest BCUT2D eigenvalue weighted by Gasteiger charge is 2.08. The lowest BCUT2D eigenvalue weighted by Crippen LogP contribution is -2.35. The molecule has 1 rings (SSSR count). The summed E-state index contributed by atoms with van der Waals surface area (Å²) >= 11 is 0. The standard InChI is InChI=1S/C13H21NO3/c1-10(2)14-8-11(15)9-17-13-7-5-4-6-12(13)16-3/h4-7,10-11,14-15H,8-9H2,1-3H3/t11-/m0/s1/i1D3,2D3,10D. The Hall–Kier alpha value is -1.26. The Balaban J connectivity index is 2.66. The predicted octanol–water partition coefficient (Wildman–Crippen LogP) is 1.43. The smallest absolute Gasteiger partial charge is 0.161 e. The van der Waals surface area contributed by atoms with Crippen LogP contribution in [0, 0.1) is 0 Å². The van der Waals surface area contributed by atoms with Crippen molar-refractivity contribution in [3.05, 3.63) is 24.3 Å². The third kappa shape index (κ3) is 5.06. The molecular weight excluding hydrogens is 218 g/mol. The molecule has 1 aromatic rings. The van der Waals surface area contributed by atoms with Gasteiger partial charge in [-0.15, -0.1) is 0 Å². The Morgan fingerprint density at radius 2 is 2.12 bits per heavy atom. The molecule has 2 N–H and O–H groups in total. The van der Waals surface area contributed by atoms with Crippen LogP contribution >= 0.6 is 0 Å². The molecule has 0 aliphatic carbocycles. The zero-order valence-electron chi connectivity index (χ0n) is 16.6. The van der Waals surface area contributed by atoms with Crippen LogP contribution in [-0.4, -0.2) is 37.5 Å². The van der Waals surface area contributed by atoms with Gasteiger partial charge in [0.1, 0.15) is 12.7 Å². The van der Waals surface area contributed by atoms with Gasteiger partial charge in [-0.1, -0.05) is 25.8 Å². The fraction of sp³-hybridized carbons (Fsp3) is 0.538. The zero-order valence-corrected chi connectivity index (χ0v) is 9.56. The molecule has 0 aliphatic heterocycles. The summed E-state index contributed by atoms with van der Waals surface area (Å²) < 4.78 is 61.8. The fourth-order valence-corrected chi connectivity index (χ4v) is 1.20. The summed E-state index contributed by atoms with van der Waals surface area (Å²) in [5, 5.41) is 12.0. The molecule has 4 heteroatoms. The van der Waals surface area contributed by atoms with Gasteiger partial charge in [-0.25, -0.2) is 0 Å². The van der Waals surface area contributed by atoms with Gasteiger partial charge >= 0.3 is 0 Å². The first-order chi connectivity index (χ1) is 10.9. The largest absolute Gasteiger partial charge is 0.493 e. The van der Waals surface area contributed by atoms with Crippen LogP contribution in [0.5, 0.6) is 11.5 Å². The van der Waals surface area contributed by atoms with E-state index in [0.717, 1.165) is 0 Å². The topological polar surface area (TPSA) is 50.7 Å². The number of ether oxygens (including phenoxy) is 2. The summed E-state index contributed by atoms with van der Waals surface area (Å²) in [5.41, 5.74) is 0. The van der Waals surface area contributed by atoms with Gasteiger partial charge in [-0.3, -0.25) is 0 Å².